The molecule has 1 aliphatic rings. The first-order valence-electron chi connectivity index (χ1n) is 6.48. The van der Waals surface area contributed by atoms with Crippen LogP contribution < -0.4 is 5.32 Å². The van der Waals surface area contributed by atoms with E-state index in [1.807, 2.05) is 12.4 Å². The molecule has 1 aromatic rings. The van der Waals surface area contributed by atoms with Crippen LogP contribution in [0.3, 0.4) is 0 Å². The van der Waals surface area contributed by atoms with Crippen LogP contribution in [0.4, 0.5) is 0 Å². The van der Waals surface area contributed by atoms with Gasteiger partial charge in [0, 0.05) is 30.0 Å². The fourth-order valence-electron chi connectivity index (χ4n) is 2.64. The van der Waals surface area contributed by atoms with Crippen LogP contribution in [0.5, 0.6) is 0 Å². The Kier molecular flexibility index (Phi) is 4.57. The van der Waals surface area contributed by atoms with Gasteiger partial charge in [0.15, 0.2) is 0 Å². The van der Waals surface area contributed by atoms with E-state index in [0.717, 1.165) is 17.6 Å². The van der Waals surface area contributed by atoms with Gasteiger partial charge < -0.3 is 5.32 Å². The lowest BCUT2D eigenvalue weighted by Gasteiger charge is -2.33. The first-order valence-corrected chi connectivity index (χ1v) is 7.27. The van der Waals surface area contributed by atoms with Gasteiger partial charge in [-0.25, -0.2) is 0 Å². The molecule has 0 bridgehead atoms. The van der Waals surface area contributed by atoms with Crippen LogP contribution in [0.15, 0.2) is 22.9 Å². The Hall–Kier alpha value is -0.410. The van der Waals surface area contributed by atoms with Crippen molar-refractivity contribution in [2.45, 2.75) is 45.6 Å². The predicted molar refractivity (Wildman–Crippen MR) is 74.8 cm³/mol. The lowest BCUT2D eigenvalue weighted by molar-refractivity contribution is 0.207. The Labute approximate surface area is 112 Å². The molecule has 1 N–H and O–H groups in total. The normalized spacial score (nSPS) is 19.2. The second-order valence-electron chi connectivity index (χ2n) is 5.49. The molecule has 0 spiro atoms. The minimum atomic E-state index is 0.512. The number of rotatable bonds is 4. The molecule has 0 aliphatic heterocycles. The summed E-state index contributed by atoms with van der Waals surface area (Å²) in [7, 11) is 0. The Morgan fingerprint density at radius 2 is 2.06 bits per heavy atom. The molecule has 0 amide bonds. The maximum Gasteiger partial charge on any atom is 0.0410 e. The van der Waals surface area contributed by atoms with Crippen molar-refractivity contribution >= 4 is 15.9 Å². The predicted octanol–water partition coefficient (Wildman–Crippen LogP) is 3.90. The van der Waals surface area contributed by atoms with Crippen molar-refractivity contribution in [3.8, 4) is 0 Å². The van der Waals surface area contributed by atoms with Gasteiger partial charge in [-0.05, 0) is 45.8 Å². The average molecular weight is 297 g/mol. The van der Waals surface area contributed by atoms with E-state index in [-0.39, 0.29) is 0 Å². The molecule has 17 heavy (non-hydrogen) atoms. The highest BCUT2D eigenvalue weighted by Crippen LogP contribution is 2.34. The summed E-state index contributed by atoms with van der Waals surface area (Å²) in [5.74, 6) is 0. The quantitative estimate of drug-likeness (QED) is 0.911. The minimum Gasteiger partial charge on any atom is -0.312 e. The van der Waals surface area contributed by atoms with Crippen molar-refractivity contribution < 1.29 is 0 Å². The standard InChI is InChI=1S/C14H21BrN2/c1-14(5-3-2-4-6-14)11-17-9-12-7-13(15)10-16-8-12/h7-8,10,17H,2-6,9,11H2,1H3. The number of aromatic nitrogens is 1. The molecular weight excluding hydrogens is 276 g/mol. The zero-order valence-corrected chi connectivity index (χ0v) is 12.1. The average Bonchev–Trinajstić information content (AvgIpc) is 2.30. The highest BCUT2D eigenvalue weighted by molar-refractivity contribution is 9.10. The molecule has 2 rings (SSSR count). The molecule has 1 aliphatic carbocycles. The monoisotopic (exact) mass is 296 g/mol. The summed E-state index contributed by atoms with van der Waals surface area (Å²) in [6, 6.07) is 2.13. The maximum absolute atomic E-state index is 4.18. The van der Waals surface area contributed by atoms with Crippen molar-refractivity contribution in [2.24, 2.45) is 5.41 Å². The number of nitrogens with one attached hydrogen (secondary N) is 1. The topological polar surface area (TPSA) is 24.9 Å². The van der Waals surface area contributed by atoms with Gasteiger partial charge in [-0.3, -0.25) is 4.98 Å². The van der Waals surface area contributed by atoms with Crippen molar-refractivity contribution in [1.82, 2.24) is 10.3 Å². The molecule has 0 radical (unpaired) electrons. The van der Waals surface area contributed by atoms with E-state index in [1.54, 1.807) is 0 Å². The number of nitrogens with zero attached hydrogens (tertiary/aromatic N) is 1. The largest absolute Gasteiger partial charge is 0.312 e. The number of pyridine rings is 1. The highest BCUT2D eigenvalue weighted by atomic mass is 79.9. The van der Waals surface area contributed by atoms with Gasteiger partial charge in [0.05, 0.1) is 0 Å². The molecule has 94 valence electrons. The van der Waals surface area contributed by atoms with Gasteiger partial charge in [-0.2, -0.15) is 0 Å². The summed E-state index contributed by atoms with van der Waals surface area (Å²) < 4.78 is 1.06. The maximum atomic E-state index is 4.18. The van der Waals surface area contributed by atoms with Crippen LogP contribution in [0.25, 0.3) is 0 Å². The summed E-state index contributed by atoms with van der Waals surface area (Å²) in [5.41, 5.74) is 1.76. The zero-order valence-electron chi connectivity index (χ0n) is 10.5. The van der Waals surface area contributed by atoms with Gasteiger partial charge in [0.1, 0.15) is 0 Å². The molecule has 1 saturated carbocycles. The molecule has 1 heterocycles. The third-order valence-electron chi connectivity index (χ3n) is 3.70. The molecular formula is C14H21BrN2. The molecule has 0 unspecified atom stereocenters. The number of hydrogen-bond acceptors (Lipinski definition) is 2. The Morgan fingerprint density at radius 3 is 2.76 bits per heavy atom. The highest BCUT2D eigenvalue weighted by Gasteiger charge is 2.25. The Balaban J connectivity index is 1.79. The first kappa shape index (κ1) is 13.0. The zero-order chi connectivity index (χ0) is 12.1. The van der Waals surface area contributed by atoms with Crippen LogP contribution in [-0.4, -0.2) is 11.5 Å². The van der Waals surface area contributed by atoms with Crippen LogP contribution in [0, 0.1) is 5.41 Å². The van der Waals surface area contributed by atoms with Gasteiger partial charge in [0.2, 0.25) is 0 Å². The number of hydrogen-bond donors (Lipinski definition) is 1. The fraction of sp³-hybridized carbons (Fsp3) is 0.643. The third kappa shape index (κ3) is 4.07. The summed E-state index contributed by atoms with van der Waals surface area (Å²) in [5, 5.41) is 3.58. The summed E-state index contributed by atoms with van der Waals surface area (Å²) in [6.45, 7) is 4.46. The van der Waals surface area contributed by atoms with Gasteiger partial charge in [-0.15, -0.1) is 0 Å². The minimum absolute atomic E-state index is 0.512. The van der Waals surface area contributed by atoms with Gasteiger partial charge in [-0.1, -0.05) is 26.2 Å². The third-order valence-corrected chi connectivity index (χ3v) is 4.14. The molecule has 0 aromatic carbocycles. The van der Waals surface area contributed by atoms with Gasteiger partial charge >= 0.3 is 0 Å². The summed E-state index contributed by atoms with van der Waals surface area (Å²) in [4.78, 5) is 4.18. The van der Waals surface area contributed by atoms with E-state index in [0.29, 0.717) is 5.41 Å². The molecule has 1 fully saturated rings. The van der Waals surface area contributed by atoms with E-state index in [4.69, 9.17) is 0 Å². The van der Waals surface area contributed by atoms with Crippen LogP contribution in [0.1, 0.15) is 44.6 Å². The van der Waals surface area contributed by atoms with Crippen LogP contribution in [0.2, 0.25) is 0 Å². The van der Waals surface area contributed by atoms with Crippen molar-refractivity contribution in [2.75, 3.05) is 6.54 Å². The van der Waals surface area contributed by atoms with Crippen LogP contribution in [-0.2, 0) is 6.54 Å². The first-order chi connectivity index (χ1) is 8.18. The molecule has 3 heteroatoms. The fourth-order valence-corrected chi connectivity index (χ4v) is 3.06. The SMILES string of the molecule is CC1(CNCc2cncc(Br)c2)CCCCC1. The molecule has 2 nitrogen and oxygen atoms in total. The van der Waals surface area contributed by atoms with Crippen molar-refractivity contribution in [1.29, 1.82) is 0 Å². The van der Waals surface area contributed by atoms with Gasteiger partial charge in [0.25, 0.3) is 0 Å². The second kappa shape index (κ2) is 5.96. The summed E-state index contributed by atoms with van der Waals surface area (Å²) >= 11 is 3.45. The van der Waals surface area contributed by atoms with Crippen LogP contribution >= 0.6 is 15.9 Å². The Morgan fingerprint density at radius 1 is 1.29 bits per heavy atom. The van der Waals surface area contributed by atoms with E-state index in [9.17, 15) is 0 Å². The lowest BCUT2D eigenvalue weighted by Crippen LogP contribution is -2.33. The molecule has 1 aromatic heterocycles. The smallest absolute Gasteiger partial charge is 0.0410 e. The lowest BCUT2D eigenvalue weighted by atomic mass is 9.76. The molecule has 0 atom stereocenters. The van der Waals surface area contributed by atoms with E-state index in [2.05, 4.69) is 39.2 Å². The van der Waals surface area contributed by atoms with E-state index in [1.165, 1.54) is 37.7 Å². The molecule has 0 saturated heterocycles. The van der Waals surface area contributed by atoms with Crippen molar-refractivity contribution in [3.05, 3.63) is 28.5 Å². The van der Waals surface area contributed by atoms with E-state index >= 15 is 0 Å². The Bertz CT molecular complexity index is 359. The van der Waals surface area contributed by atoms with Crippen molar-refractivity contribution in [3.63, 3.8) is 0 Å². The number of halogens is 1. The summed E-state index contributed by atoms with van der Waals surface area (Å²) in [6.07, 6.45) is 10.7. The second-order valence-corrected chi connectivity index (χ2v) is 6.40. The van der Waals surface area contributed by atoms with E-state index < -0.39 is 0 Å².